The Labute approximate surface area is 167 Å². The molecule has 0 aromatic heterocycles. The Balaban J connectivity index is 1.82. The maximum atomic E-state index is 13.0. The smallest absolute Gasteiger partial charge is 0.314 e. The zero-order chi connectivity index (χ0) is 19.8. The Morgan fingerprint density at radius 3 is 2.29 bits per heavy atom. The third kappa shape index (κ3) is 4.61. The van der Waals surface area contributed by atoms with E-state index in [1.807, 2.05) is 43.3 Å². The van der Waals surface area contributed by atoms with E-state index in [2.05, 4.69) is 35.2 Å². The van der Waals surface area contributed by atoms with E-state index in [1.165, 1.54) is 5.56 Å². The van der Waals surface area contributed by atoms with Crippen LogP contribution in [0.15, 0.2) is 60.7 Å². The van der Waals surface area contributed by atoms with Crippen molar-refractivity contribution in [3.63, 3.8) is 0 Å². The Kier molecular flexibility index (Phi) is 6.84. The summed E-state index contributed by atoms with van der Waals surface area (Å²) >= 11 is 0. The minimum atomic E-state index is -0.396. The summed E-state index contributed by atoms with van der Waals surface area (Å²) in [5.74, 6) is -0.604. The van der Waals surface area contributed by atoms with Crippen molar-refractivity contribution in [3.8, 4) is 6.07 Å². The molecule has 28 heavy (non-hydrogen) atoms. The van der Waals surface area contributed by atoms with Gasteiger partial charge in [0.05, 0.1) is 18.6 Å². The van der Waals surface area contributed by atoms with Crippen LogP contribution < -0.4 is 0 Å². The number of esters is 1. The lowest BCUT2D eigenvalue weighted by molar-refractivity contribution is -0.149. The van der Waals surface area contributed by atoms with Crippen LogP contribution in [0.25, 0.3) is 0 Å². The molecule has 0 saturated carbocycles. The van der Waals surface area contributed by atoms with E-state index in [4.69, 9.17) is 4.74 Å². The molecule has 1 saturated heterocycles. The van der Waals surface area contributed by atoms with E-state index in [-0.39, 0.29) is 11.4 Å². The number of carbonyl (C=O) groups excluding carboxylic acids is 1. The SMILES string of the molecule is CCOC(=O)C(c1ccccc1)C1(CC#N)CCN(Cc2ccccc2)CC1. The molecule has 0 N–H and O–H groups in total. The van der Waals surface area contributed by atoms with Crippen molar-refractivity contribution in [2.75, 3.05) is 19.7 Å². The summed E-state index contributed by atoms with van der Waals surface area (Å²) in [6.07, 6.45) is 1.99. The fraction of sp³-hybridized carbons (Fsp3) is 0.417. The maximum Gasteiger partial charge on any atom is 0.314 e. The molecular formula is C24H28N2O2. The number of piperidine rings is 1. The van der Waals surface area contributed by atoms with Crippen molar-refractivity contribution in [2.24, 2.45) is 5.41 Å². The van der Waals surface area contributed by atoms with Gasteiger partial charge in [0, 0.05) is 18.4 Å². The molecule has 146 valence electrons. The van der Waals surface area contributed by atoms with Gasteiger partial charge in [-0.3, -0.25) is 9.69 Å². The summed E-state index contributed by atoms with van der Waals surface area (Å²) in [5, 5.41) is 9.58. The number of likely N-dealkylation sites (tertiary alicyclic amines) is 1. The Hall–Kier alpha value is -2.64. The number of benzene rings is 2. The molecule has 0 aliphatic carbocycles. The van der Waals surface area contributed by atoms with E-state index in [9.17, 15) is 10.1 Å². The van der Waals surface area contributed by atoms with Crippen molar-refractivity contribution in [2.45, 2.75) is 38.6 Å². The summed E-state index contributed by atoms with van der Waals surface area (Å²) in [4.78, 5) is 15.4. The quantitative estimate of drug-likeness (QED) is 0.666. The Morgan fingerprint density at radius 1 is 1.11 bits per heavy atom. The average molecular weight is 377 g/mol. The van der Waals surface area contributed by atoms with Crippen molar-refractivity contribution in [3.05, 3.63) is 71.8 Å². The third-order valence-corrected chi connectivity index (χ3v) is 5.80. The molecule has 2 aromatic carbocycles. The molecule has 1 aliphatic heterocycles. The molecule has 2 aromatic rings. The molecule has 0 spiro atoms. The number of nitrogens with zero attached hydrogens (tertiary/aromatic N) is 2. The van der Waals surface area contributed by atoms with Crippen LogP contribution >= 0.6 is 0 Å². The van der Waals surface area contributed by atoms with Crippen LogP contribution in [-0.4, -0.2) is 30.6 Å². The highest BCUT2D eigenvalue weighted by Crippen LogP contribution is 2.48. The number of carbonyl (C=O) groups is 1. The van der Waals surface area contributed by atoms with Crippen molar-refractivity contribution >= 4 is 5.97 Å². The van der Waals surface area contributed by atoms with E-state index in [1.54, 1.807) is 0 Å². The van der Waals surface area contributed by atoms with Crippen LogP contribution in [0.4, 0.5) is 0 Å². The number of ether oxygens (including phenoxy) is 1. The highest BCUT2D eigenvalue weighted by molar-refractivity contribution is 5.79. The largest absolute Gasteiger partial charge is 0.466 e. The molecule has 0 radical (unpaired) electrons. The van der Waals surface area contributed by atoms with Gasteiger partial charge >= 0.3 is 5.97 Å². The number of nitriles is 1. The summed E-state index contributed by atoms with van der Waals surface area (Å²) in [6, 6.07) is 22.6. The lowest BCUT2D eigenvalue weighted by atomic mass is 9.64. The van der Waals surface area contributed by atoms with E-state index < -0.39 is 5.92 Å². The molecule has 1 heterocycles. The van der Waals surface area contributed by atoms with Crippen LogP contribution in [0.2, 0.25) is 0 Å². The first-order valence-electron chi connectivity index (χ1n) is 10.0. The molecule has 1 unspecified atom stereocenters. The number of rotatable bonds is 7. The number of hydrogen-bond donors (Lipinski definition) is 0. The van der Waals surface area contributed by atoms with E-state index >= 15 is 0 Å². The molecule has 4 heteroatoms. The standard InChI is InChI=1S/C24H28N2O2/c1-2-28-23(27)22(21-11-7-4-8-12-21)24(13-16-25)14-17-26(18-15-24)19-20-9-5-3-6-10-20/h3-12,22H,2,13-15,17-19H2,1H3. The lowest BCUT2D eigenvalue weighted by Gasteiger charge is -2.44. The van der Waals surface area contributed by atoms with Gasteiger partial charge < -0.3 is 4.74 Å². The van der Waals surface area contributed by atoms with E-state index in [0.717, 1.165) is 38.0 Å². The van der Waals surface area contributed by atoms with Crippen LogP contribution in [-0.2, 0) is 16.1 Å². The molecule has 1 fully saturated rings. The Bertz CT molecular complexity index is 790. The second kappa shape index (κ2) is 9.52. The first-order valence-corrected chi connectivity index (χ1v) is 10.0. The highest BCUT2D eigenvalue weighted by atomic mass is 16.5. The molecule has 0 amide bonds. The zero-order valence-electron chi connectivity index (χ0n) is 16.5. The molecule has 1 atom stereocenters. The van der Waals surface area contributed by atoms with Crippen molar-refractivity contribution < 1.29 is 9.53 Å². The molecule has 1 aliphatic rings. The summed E-state index contributed by atoms with van der Waals surface area (Å²) in [5.41, 5.74) is 1.86. The topological polar surface area (TPSA) is 53.3 Å². The summed E-state index contributed by atoms with van der Waals surface area (Å²) in [7, 11) is 0. The van der Waals surface area contributed by atoms with Gasteiger partial charge in [0.15, 0.2) is 0 Å². The van der Waals surface area contributed by atoms with Crippen molar-refractivity contribution in [1.29, 1.82) is 5.26 Å². The summed E-state index contributed by atoms with van der Waals surface area (Å²) < 4.78 is 5.44. The second-order valence-electron chi connectivity index (χ2n) is 7.55. The van der Waals surface area contributed by atoms with Gasteiger partial charge in [-0.25, -0.2) is 0 Å². The maximum absolute atomic E-state index is 13.0. The minimum absolute atomic E-state index is 0.208. The van der Waals surface area contributed by atoms with Gasteiger partial charge in [0.2, 0.25) is 0 Å². The van der Waals surface area contributed by atoms with Crippen LogP contribution in [0.5, 0.6) is 0 Å². The molecule has 3 rings (SSSR count). The third-order valence-electron chi connectivity index (χ3n) is 5.80. The summed E-state index contributed by atoms with van der Waals surface area (Å²) in [6.45, 7) is 4.84. The van der Waals surface area contributed by atoms with E-state index in [0.29, 0.717) is 13.0 Å². The fourth-order valence-electron chi connectivity index (χ4n) is 4.33. The van der Waals surface area contributed by atoms with Crippen LogP contribution in [0.1, 0.15) is 43.2 Å². The van der Waals surface area contributed by atoms with Gasteiger partial charge in [-0.1, -0.05) is 60.7 Å². The van der Waals surface area contributed by atoms with Crippen LogP contribution in [0, 0.1) is 16.7 Å². The molecule has 4 nitrogen and oxygen atoms in total. The second-order valence-corrected chi connectivity index (χ2v) is 7.55. The predicted molar refractivity (Wildman–Crippen MR) is 109 cm³/mol. The van der Waals surface area contributed by atoms with Gasteiger partial charge in [0.25, 0.3) is 0 Å². The monoisotopic (exact) mass is 376 g/mol. The van der Waals surface area contributed by atoms with Crippen molar-refractivity contribution in [1.82, 2.24) is 4.90 Å². The van der Waals surface area contributed by atoms with Gasteiger partial charge in [-0.05, 0) is 44.0 Å². The zero-order valence-corrected chi connectivity index (χ0v) is 16.5. The molecular weight excluding hydrogens is 348 g/mol. The Morgan fingerprint density at radius 2 is 1.71 bits per heavy atom. The van der Waals surface area contributed by atoms with Gasteiger partial charge in [0.1, 0.15) is 0 Å². The average Bonchev–Trinajstić information content (AvgIpc) is 2.72. The highest BCUT2D eigenvalue weighted by Gasteiger charge is 2.46. The van der Waals surface area contributed by atoms with Gasteiger partial charge in [-0.2, -0.15) is 5.26 Å². The van der Waals surface area contributed by atoms with Gasteiger partial charge in [-0.15, -0.1) is 0 Å². The first-order chi connectivity index (χ1) is 13.7. The number of hydrogen-bond acceptors (Lipinski definition) is 4. The fourth-order valence-corrected chi connectivity index (χ4v) is 4.33. The lowest BCUT2D eigenvalue weighted by Crippen LogP contribution is -2.45. The normalized spacial score (nSPS) is 17.4. The minimum Gasteiger partial charge on any atom is -0.466 e. The first kappa shape index (κ1) is 20.1. The van der Waals surface area contributed by atoms with Crippen LogP contribution in [0.3, 0.4) is 0 Å². The predicted octanol–water partition coefficient (Wildman–Crippen LogP) is 4.53. The molecule has 0 bridgehead atoms.